The van der Waals surface area contributed by atoms with Crippen molar-refractivity contribution in [3.8, 4) is 11.1 Å². The van der Waals surface area contributed by atoms with Gasteiger partial charge in [-0.3, -0.25) is 4.79 Å². The van der Waals surface area contributed by atoms with E-state index in [0.717, 1.165) is 47.5 Å². The summed E-state index contributed by atoms with van der Waals surface area (Å²) < 4.78 is 81.7. The third-order valence-electron chi connectivity index (χ3n) is 8.86. The number of nitrogens with one attached hydrogen (secondary N) is 1. The maximum absolute atomic E-state index is 14.1. The molecule has 3 atom stereocenters. The first-order valence-electron chi connectivity index (χ1n) is 15.9. The van der Waals surface area contributed by atoms with Crippen LogP contribution in [0.4, 0.5) is 22.0 Å². The van der Waals surface area contributed by atoms with Crippen LogP contribution in [-0.4, -0.2) is 41.7 Å². The quantitative estimate of drug-likeness (QED) is 0.110. The van der Waals surface area contributed by atoms with Crippen molar-refractivity contribution in [2.75, 3.05) is 19.6 Å². The highest BCUT2D eigenvalue weighted by Crippen LogP contribution is 2.39. The zero-order valence-corrected chi connectivity index (χ0v) is 26.0. The maximum atomic E-state index is 14.1. The lowest BCUT2D eigenvalue weighted by Gasteiger charge is -2.39. The fourth-order valence-corrected chi connectivity index (χ4v) is 6.23. The first kappa shape index (κ1) is 33.7. The third-order valence-corrected chi connectivity index (χ3v) is 8.86. The molecule has 2 saturated heterocycles. The molecule has 4 aromatic carbocycles. The lowest BCUT2D eigenvalue weighted by Crippen LogP contribution is -2.41. The Morgan fingerprint density at radius 1 is 0.750 bits per heavy atom. The number of aliphatic hydroxyl groups excluding tert-OH is 1. The molecule has 0 bridgehead atoms. The normalized spacial score (nSPS) is 20.1. The highest BCUT2D eigenvalue weighted by molar-refractivity contribution is 5.94. The van der Waals surface area contributed by atoms with Crippen LogP contribution in [0.2, 0.25) is 0 Å². The average Bonchev–Trinajstić information content (AvgIpc) is 3.13. The van der Waals surface area contributed by atoms with E-state index in [4.69, 9.17) is 9.47 Å². The molecule has 4 aromatic rings. The number of rotatable bonds is 9. The summed E-state index contributed by atoms with van der Waals surface area (Å²) in [6.07, 6.45) is 3.47. The average molecular weight is 667 g/mol. The van der Waals surface area contributed by atoms with Gasteiger partial charge in [-0.25, -0.2) is 22.0 Å². The van der Waals surface area contributed by atoms with Crippen LogP contribution in [0.5, 0.6) is 0 Å². The summed E-state index contributed by atoms with van der Waals surface area (Å²) in [5.74, 6) is -12.5. The molecule has 0 aliphatic carbocycles. The van der Waals surface area contributed by atoms with Crippen LogP contribution in [-0.2, 0) is 22.6 Å². The molecule has 2 fully saturated rings. The zero-order valence-electron chi connectivity index (χ0n) is 26.0. The van der Waals surface area contributed by atoms with E-state index < -0.39 is 46.8 Å². The Hall–Kier alpha value is -4.16. The number of ether oxygens (including phenoxy) is 2. The van der Waals surface area contributed by atoms with Gasteiger partial charge in [0.05, 0.1) is 18.8 Å². The van der Waals surface area contributed by atoms with Gasteiger partial charge < -0.3 is 24.8 Å². The van der Waals surface area contributed by atoms with Gasteiger partial charge in [-0.2, -0.15) is 0 Å². The van der Waals surface area contributed by atoms with Gasteiger partial charge in [0, 0.05) is 25.1 Å². The van der Waals surface area contributed by atoms with E-state index >= 15 is 0 Å². The van der Waals surface area contributed by atoms with Gasteiger partial charge in [-0.15, -0.1) is 0 Å². The van der Waals surface area contributed by atoms with E-state index in [1.54, 1.807) is 18.2 Å². The number of nitrogens with zero attached hydrogens (tertiary/aromatic N) is 1. The largest absolute Gasteiger partial charge is 0.392 e. The molecule has 252 valence electrons. The van der Waals surface area contributed by atoms with Gasteiger partial charge in [0.15, 0.2) is 29.6 Å². The Bertz CT molecular complexity index is 1720. The van der Waals surface area contributed by atoms with Crippen molar-refractivity contribution in [2.24, 2.45) is 0 Å². The monoisotopic (exact) mass is 666 g/mol. The minimum atomic E-state index is -2.33. The van der Waals surface area contributed by atoms with Crippen molar-refractivity contribution < 1.29 is 41.3 Å². The van der Waals surface area contributed by atoms with Crippen LogP contribution in [0.3, 0.4) is 0 Å². The number of hydrogen-bond donors (Lipinski definition) is 2. The second-order valence-electron chi connectivity index (χ2n) is 12.2. The fraction of sp³-hybridized carbons (Fsp3) is 0.324. The van der Waals surface area contributed by atoms with Crippen molar-refractivity contribution in [3.63, 3.8) is 0 Å². The Kier molecular flexibility index (Phi) is 10.5. The van der Waals surface area contributed by atoms with Gasteiger partial charge in [-0.1, -0.05) is 73.2 Å². The first-order chi connectivity index (χ1) is 23.2. The molecule has 2 aliphatic heterocycles. The molecule has 1 amide bonds. The van der Waals surface area contributed by atoms with Crippen LogP contribution in [0.15, 0.2) is 72.8 Å². The first-order valence-corrected chi connectivity index (χ1v) is 15.9. The molecule has 0 aromatic heterocycles. The number of carbonyl (C=O) groups is 1. The third kappa shape index (κ3) is 7.44. The number of carbonyl (C=O) groups excluding carboxylic acids is 1. The fourth-order valence-electron chi connectivity index (χ4n) is 6.23. The van der Waals surface area contributed by atoms with Gasteiger partial charge in [0.25, 0.3) is 5.91 Å². The maximum Gasteiger partial charge on any atom is 0.257 e. The van der Waals surface area contributed by atoms with Crippen LogP contribution < -0.4 is 5.32 Å². The topological polar surface area (TPSA) is 71.0 Å². The smallest absolute Gasteiger partial charge is 0.257 e. The Labute approximate surface area is 275 Å². The number of halogens is 5. The Morgan fingerprint density at radius 3 is 2.06 bits per heavy atom. The molecule has 48 heavy (non-hydrogen) atoms. The van der Waals surface area contributed by atoms with Crippen molar-refractivity contribution in [1.29, 1.82) is 0 Å². The summed E-state index contributed by atoms with van der Waals surface area (Å²) in [6.45, 7) is 2.67. The summed E-state index contributed by atoms with van der Waals surface area (Å²) in [6, 6.07) is 22.4. The summed E-state index contributed by atoms with van der Waals surface area (Å²) in [5, 5.41) is 11.7. The zero-order chi connectivity index (χ0) is 33.8. The lowest BCUT2D eigenvalue weighted by atomic mass is 9.98. The van der Waals surface area contributed by atoms with Crippen LogP contribution in [0, 0.1) is 29.1 Å². The molecule has 6 nitrogen and oxygen atoms in total. The van der Waals surface area contributed by atoms with E-state index in [1.165, 1.54) is 19.3 Å². The van der Waals surface area contributed by atoms with Gasteiger partial charge >= 0.3 is 0 Å². The van der Waals surface area contributed by atoms with E-state index in [2.05, 4.69) is 10.2 Å². The molecule has 11 heteroatoms. The molecule has 0 unspecified atom stereocenters. The Morgan fingerprint density at radius 2 is 1.40 bits per heavy atom. The van der Waals surface area contributed by atoms with E-state index in [9.17, 15) is 31.9 Å². The van der Waals surface area contributed by atoms with Crippen LogP contribution in [0.1, 0.15) is 70.7 Å². The lowest BCUT2D eigenvalue weighted by molar-refractivity contribution is -0.253. The molecule has 0 radical (unpaired) electrons. The molecule has 2 aliphatic rings. The van der Waals surface area contributed by atoms with E-state index in [-0.39, 0.29) is 25.4 Å². The van der Waals surface area contributed by atoms with Gasteiger partial charge in [0.1, 0.15) is 5.56 Å². The summed E-state index contributed by atoms with van der Waals surface area (Å²) in [5.41, 5.74) is 3.31. The van der Waals surface area contributed by atoms with Crippen molar-refractivity contribution >= 4 is 5.91 Å². The molecular formula is C37H35F5N2O4. The van der Waals surface area contributed by atoms with E-state index in [1.807, 2.05) is 54.6 Å². The van der Waals surface area contributed by atoms with Gasteiger partial charge in [0.2, 0.25) is 5.82 Å². The molecule has 6 rings (SSSR count). The summed E-state index contributed by atoms with van der Waals surface area (Å²) in [4.78, 5) is 14.9. The minimum absolute atomic E-state index is 0.0303. The second kappa shape index (κ2) is 14.9. The van der Waals surface area contributed by atoms with E-state index in [0.29, 0.717) is 12.0 Å². The number of aliphatic hydroxyl groups is 1. The highest BCUT2D eigenvalue weighted by atomic mass is 19.2. The Balaban J connectivity index is 1.16. The second-order valence-corrected chi connectivity index (χ2v) is 12.2. The minimum Gasteiger partial charge on any atom is -0.392 e. The molecule has 2 heterocycles. The van der Waals surface area contributed by atoms with Crippen LogP contribution >= 0.6 is 0 Å². The number of hydrogen-bond acceptors (Lipinski definition) is 5. The molecule has 2 N–H and O–H groups in total. The van der Waals surface area contributed by atoms with Crippen LogP contribution in [0.25, 0.3) is 11.1 Å². The number of benzene rings is 4. The number of piperidine rings is 1. The number of amides is 1. The standard InChI is InChI=1S/C37H35F5N2O4/c38-31-30(32(39)34(41)35(42)33(31)40)36(46)43-19-23-5-4-6-27(17-23)24-11-13-26(14-12-24)37-47-28(20-44-15-2-1-3-16-44)18-29(48-37)25-9-7-22(21-45)8-10-25/h4-14,17,28-29,37,45H,1-3,15-16,18-21H2,(H,43,46)/t28-,29+,37+/m1/s1. The predicted octanol–water partition coefficient (Wildman–Crippen LogP) is 7.50. The molecular weight excluding hydrogens is 631 g/mol. The van der Waals surface area contributed by atoms with Gasteiger partial charge in [-0.05, 0) is 59.8 Å². The summed E-state index contributed by atoms with van der Waals surface area (Å²) >= 11 is 0. The van der Waals surface area contributed by atoms with Crippen molar-refractivity contribution in [3.05, 3.63) is 130 Å². The SMILES string of the molecule is O=C(NCc1cccc(-c2ccc([C@H]3O[C@@H](CN4CCCCC4)C[C@@H](c4ccc(CO)cc4)O3)cc2)c1)c1c(F)c(F)c(F)c(F)c1F. The molecule has 0 saturated carbocycles. The van der Waals surface area contributed by atoms with Crippen molar-refractivity contribution in [1.82, 2.24) is 10.2 Å². The summed E-state index contributed by atoms with van der Waals surface area (Å²) in [7, 11) is 0. The molecule has 0 spiro atoms. The predicted molar refractivity (Wildman–Crippen MR) is 168 cm³/mol. The van der Waals surface area contributed by atoms with Crippen molar-refractivity contribution in [2.45, 2.75) is 57.3 Å². The number of likely N-dealkylation sites (tertiary alicyclic amines) is 1. The highest BCUT2D eigenvalue weighted by Gasteiger charge is 2.34.